The smallest absolute Gasteiger partial charge is 0.244 e. The molecule has 3 heterocycles. The van der Waals surface area contributed by atoms with E-state index in [0.29, 0.717) is 23.8 Å². The van der Waals surface area contributed by atoms with Crippen molar-refractivity contribution in [2.45, 2.75) is 12.5 Å². The number of imidazole rings is 1. The first-order valence-electron chi connectivity index (χ1n) is 5.66. The van der Waals surface area contributed by atoms with Crippen molar-refractivity contribution >= 4 is 0 Å². The second-order valence-electron chi connectivity index (χ2n) is 3.93. The molecule has 3 aromatic heterocycles. The first kappa shape index (κ1) is 11.5. The van der Waals surface area contributed by atoms with Crippen molar-refractivity contribution in [2.75, 3.05) is 0 Å². The second kappa shape index (κ2) is 4.94. The molecule has 0 saturated carbocycles. The maximum Gasteiger partial charge on any atom is 0.244 e. The van der Waals surface area contributed by atoms with E-state index in [2.05, 4.69) is 30.1 Å². The van der Waals surface area contributed by atoms with Crippen LogP contribution >= 0.6 is 0 Å². The first-order valence-corrected chi connectivity index (χ1v) is 5.66. The molecule has 3 N–H and O–H groups in total. The fourth-order valence-corrected chi connectivity index (χ4v) is 1.62. The highest BCUT2D eigenvalue weighted by atomic mass is 16.5. The van der Waals surface area contributed by atoms with Gasteiger partial charge in [0.15, 0.2) is 0 Å². The van der Waals surface area contributed by atoms with Gasteiger partial charge in [-0.3, -0.25) is 4.98 Å². The van der Waals surface area contributed by atoms with E-state index in [1.165, 1.54) is 0 Å². The molecule has 0 saturated heterocycles. The molecule has 0 aromatic carbocycles. The van der Waals surface area contributed by atoms with Crippen LogP contribution in [-0.4, -0.2) is 30.1 Å². The van der Waals surface area contributed by atoms with E-state index in [1.54, 1.807) is 31.1 Å². The van der Waals surface area contributed by atoms with Crippen molar-refractivity contribution in [1.82, 2.24) is 30.1 Å². The molecule has 0 bridgehead atoms. The minimum atomic E-state index is -0.390. The molecule has 0 aliphatic heterocycles. The summed E-state index contributed by atoms with van der Waals surface area (Å²) in [5.74, 6) is 0.735. The molecule has 3 rings (SSSR count). The molecule has 8 nitrogen and oxygen atoms in total. The lowest BCUT2D eigenvalue weighted by molar-refractivity contribution is 0.354. The molecule has 19 heavy (non-hydrogen) atoms. The Morgan fingerprint density at radius 1 is 1.26 bits per heavy atom. The molecule has 96 valence electrons. The maximum absolute atomic E-state index is 6.00. The summed E-state index contributed by atoms with van der Waals surface area (Å²) in [5, 5.41) is 3.84. The lowest BCUT2D eigenvalue weighted by atomic mass is 10.2. The molecule has 1 unspecified atom stereocenters. The molecule has 3 aromatic rings. The van der Waals surface area contributed by atoms with Crippen LogP contribution in [0.4, 0.5) is 0 Å². The van der Waals surface area contributed by atoms with E-state index in [4.69, 9.17) is 10.3 Å². The van der Waals surface area contributed by atoms with E-state index in [0.717, 1.165) is 5.69 Å². The standard InChI is InChI=1S/C11H11N7O/c12-8(3-7-4-14-6-16-7)11-17-10(18-19-11)9-5-13-1-2-15-9/h1-2,4-6,8H,3,12H2,(H,14,16). The monoisotopic (exact) mass is 257 g/mol. The van der Waals surface area contributed by atoms with Crippen LogP contribution in [0.25, 0.3) is 11.5 Å². The fraction of sp³-hybridized carbons (Fsp3) is 0.182. The van der Waals surface area contributed by atoms with Crippen LogP contribution in [0.5, 0.6) is 0 Å². The van der Waals surface area contributed by atoms with Crippen molar-refractivity contribution < 1.29 is 4.52 Å². The van der Waals surface area contributed by atoms with E-state index in [-0.39, 0.29) is 0 Å². The van der Waals surface area contributed by atoms with Gasteiger partial charge in [-0.05, 0) is 0 Å². The molecule has 0 aliphatic carbocycles. The van der Waals surface area contributed by atoms with Gasteiger partial charge in [0, 0.05) is 30.7 Å². The molecular formula is C11H11N7O. The Labute approximate surface area is 108 Å². The number of H-pyrrole nitrogens is 1. The fourth-order valence-electron chi connectivity index (χ4n) is 1.62. The Balaban J connectivity index is 1.78. The van der Waals surface area contributed by atoms with Crippen LogP contribution in [0.1, 0.15) is 17.6 Å². The van der Waals surface area contributed by atoms with Crippen molar-refractivity contribution in [1.29, 1.82) is 0 Å². The van der Waals surface area contributed by atoms with Gasteiger partial charge in [-0.1, -0.05) is 5.16 Å². The SMILES string of the molecule is NC(Cc1cnc[nH]1)c1nc(-c2cnccn2)no1. The summed E-state index contributed by atoms with van der Waals surface area (Å²) in [7, 11) is 0. The highest BCUT2D eigenvalue weighted by molar-refractivity contribution is 5.45. The van der Waals surface area contributed by atoms with Crippen molar-refractivity contribution in [3.8, 4) is 11.5 Å². The summed E-state index contributed by atoms with van der Waals surface area (Å²) >= 11 is 0. The van der Waals surface area contributed by atoms with E-state index in [9.17, 15) is 0 Å². The quantitative estimate of drug-likeness (QED) is 0.697. The summed E-state index contributed by atoms with van der Waals surface area (Å²) in [6, 6.07) is -0.390. The summed E-state index contributed by atoms with van der Waals surface area (Å²) in [4.78, 5) is 19.2. The molecule has 0 radical (unpaired) electrons. The van der Waals surface area contributed by atoms with Gasteiger partial charge in [0.1, 0.15) is 5.69 Å². The lowest BCUT2D eigenvalue weighted by Gasteiger charge is -2.03. The average Bonchev–Trinajstić information content (AvgIpc) is 3.10. The summed E-state index contributed by atoms with van der Waals surface area (Å²) < 4.78 is 5.14. The van der Waals surface area contributed by atoms with Gasteiger partial charge in [-0.15, -0.1) is 0 Å². The number of nitrogens with zero attached hydrogens (tertiary/aromatic N) is 5. The Bertz CT molecular complexity index is 634. The second-order valence-corrected chi connectivity index (χ2v) is 3.93. The molecule has 1 atom stereocenters. The van der Waals surface area contributed by atoms with E-state index >= 15 is 0 Å². The number of nitrogens with two attached hydrogens (primary N) is 1. The lowest BCUT2D eigenvalue weighted by Crippen LogP contribution is -2.14. The topological polar surface area (TPSA) is 119 Å². The minimum Gasteiger partial charge on any atom is -0.348 e. The highest BCUT2D eigenvalue weighted by Crippen LogP contribution is 2.16. The maximum atomic E-state index is 6.00. The molecular weight excluding hydrogens is 246 g/mol. The third kappa shape index (κ3) is 2.47. The Kier molecular flexibility index (Phi) is 2.99. The normalized spacial score (nSPS) is 12.5. The Morgan fingerprint density at radius 3 is 2.95 bits per heavy atom. The third-order valence-electron chi connectivity index (χ3n) is 2.55. The zero-order chi connectivity index (χ0) is 13.1. The molecule has 0 aliphatic rings. The molecule has 0 spiro atoms. The molecule has 0 amide bonds. The number of aromatic amines is 1. The van der Waals surface area contributed by atoms with Gasteiger partial charge in [0.05, 0.1) is 18.6 Å². The van der Waals surface area contributed by atoms with Crippen LogP contribution in [0.3, 0.4) is 0 Å². The number of hydrogen-bond donors (Lipinski definition) is 2. The Morgan fingerprint density at radius 2 is 2.21 bits per heavy atom. The minimum absolute atomic E-state index is 0.357. The largest absolute Gasteiger partial charge is 0.348 e. The van der Waals surface area contributed by atoms with Crippen LogP contribution in [0.15, 0.2) is 35.6 Å². The van der Waals surface area contributed by atoms with Crippen LogP contribution in [0.2, 0.25) is 0 Å². The van der Waals surface area contributed by atoms with Gasteiger partial charge in [0.2, 0.25) is 11.7 Å². The summed E-state index contributed by atoms with van der Waals surface area (Å²) in [6.45, 7) is 0. The number of rotatable bonds is 4. The average molecular weight is 257 g/mol. The van der Waals surface area contributed by atoms with Crippen molar-refractivity contribution in [2.24, 2.45) is 5.73 Å². The van der Waals surface area contributed by atoms with Crippen molar-refractivity contribution in [3.63, 3.8) is 0 Å². The predicted molar refractivity (Wildman–Crippen MR) is 64.5 cm³/mol. The highest BCUT2D eigenvalue weighted by Gasteiger charge is 2.17. The van der Waals surface area contributed by atoms with Crippen LogP contribution < -0.4 is 5.73 Å². The van der Waals surface area contributed by atoms with Gasteiger partial charge < -0.3 is 15.2 Å². The van der Waals surface area contributed by atoms with Crippen molar-refractivity contribution in [3.05, 3.63) is 42.7 Å². The third-order valence-corrected chi connectivity index (χ3v) is 2.55. The van der Waals surface area contributed by atoms with Crippen LogP contribution in [-0.2, 0) is 6.42 Å². The van der Waals surface area contributed by atoms with Crippen LogP contribution in [0, 0.1) is 0 Å². The van der Waals surface area contributed by atoms with Gasteiger partial charge in [0.25, 0.3) is 0 Å². The zero-order valence-corrected chi connectivity index (χ0v) is 9.89. The zero-order valence-electron chi connectivity index (χ0n) is 9.89. The number of hydrogen-bond acceptors (Lipinski definition) is 7. The molecule has 0 fully saturated rings. The van der Waals surface area contributed by atoms with E-state index in [1.807, 2.05) is 0 Å². The molecule has 8 heteroatoms. The number of aromatic nitrogens is 6. The predicted octanol–water partition coefficient (Wildman–Crippen LogP) is 0.492. The first-order chi connectivity index (χ1) is 9.33. The van der Waals surface area contributed by atoms with Gasteiger partial charge in [-0.2, -0.15) is 4.98 Å². The number of nitrogens with one attached hydrogen (secondary N) is 1. The Hall–Kier alpha value is -2.61. The summed E-state index contributed by atoms with van der Waals surface area (Å²) in [5.41, 5.74) is 7.45. The van der Waals surface area contributed by atoms with E-state index < -0.39 is 6.04 Å². The summed E-state index contributed by atoms with van der Waals surface area (Å²) in [6.07, 6.45) is 8.56. The van der Waals surface area contributed by atoms with Gasteiger partial charge in [-0.25, -0.2) is 9.97 Å². The van der Waals surface area contributed by atoms with Gasteiger partial charge >= 0.3 is 0 Å².